The van der Waals surface area contributed by atoms with Gasteiger partial charge in [-0.05, 0) is 44.0 Å². The average molecular weight is 401 g/mol. The molecule has 5 nitrogen and oxygen atoms in total. The topological polar surface area (TPSA) is 65.4 Å². The molecule has 1 aliphatic rings. The number of aromatic nitrogens is 1. The van der Waals surface area contributed by atoms with Gasteiger partial charge in [-0.2, -0.15) is 0 Å². The summed E-state index contributed by atoms with van der Waals surface area (Å²) in [5.41, 5.74) is 1.59. The van der Waals surface area contributed by atoms with Gasteiger partial charge >= 0.3 is 5.97 Å². The van der Waals surface area contributed by atoms with Gasteiger partial charge in [-0.15, -0.1) is 0 Å². The Balaban J connectivity index is 1.84. The standard InChI is InChI=1S/C21H20FNO4S/c1-3-27-21(24)17-11-16(17)18-12-23(20-15(18)5-4-6-19(20)22)28(25,26)14-9-7-13(2)8-10-14/h4-10,12,16-17H,3,11H2,1-2H3/t16-,17-/m1/s1. The van der Waals surface area contributed by atoms with E-state index in [0.29, 0.717) is 24.0 Å². The highest BCUT2D eigenvalue weighted by molar-refractivity contribution is 7.90. The largest absolute Gasteiger partial charge is 0.466 e. The van der Waals surface area contributed by atoms with E-state index in [2.05, 4.69) is 0 Å². The van der Waals surface area contributed by atoms with Gasteiger partial charge in [0.25, 0.3) is 10.0 Å². The van der Waals surface area contributed by atoms with Crippen molar-refractivity contribution >= 4 is 26.9 Å². The number of benzene rings is 2. The van der Waals surface area contributed by atoms with Crippen LogP contribution in [0.5, 0.6) is 0 Å². The highest BCUT2D eigenvalue weighted by atomic mass is 32.2. The molecule has 3 aromatic rings. The highest BCUT2D eigenvalue weighted by Gasteiger charge is 2.47. The zero-order valence-corrected chi connectivity index (χ0v) is 16.4. The van der Waals surface area contributed by atoms with E-state index in [1.54, 1.807) is 31.2 Å². The van der Waals surface area contributed by atoms with E-state index in [4.69, 9.17) is 4.74 Å². The molecule has 1 aromatic heterocycles. The van der Waals surface area contributed by atoms with E-state index >= 15 is 0 Å². The maximum absolute atomic E-state index is 14.7. The second-order valence-electron chi connectivity index (χ2n) is 7.04. The molecule has 28 heavy (non-hydrogen) atoms. The fourth-order valence-corrected chi connectivity index (χ4v) is 4.98. The van der Waals surface area contributed by atoms with Crippen LogP contribution in [-0.4, -0.2) is 25.0 Å². The van der Waals surface area contributed by atoms with Gasteiger partial charge < -0.3 is 4.74 Å². The van der Waals surface area contributed by atoms with Crippen LogP contribution in [0.25, 0.3) is 10.9 Å². The molecule has 0 bridgehead atoms. The van der Waals surface area contributed by atoms with E-state index in [-0.39, 0.29) is 28.2 Å². The summed E-state index contributed by atoms with van der Waals surface area (Å²) in [6.07, 6.45) is 2.02. The molecular formula is C21H20FNO4S. The first-order valence-electron chi connectivity index (χ1n) is 9.13. The Bertz CT molecular complexity index is 1170. The zero-order valence-electron chi connectivity index (χ0n) is 15.6. The molecule has 0 aliphatic heterocycles. The second kappa shape index (κ2) is 6.74. The van der Waals surface area contributed by atoms with Crippen molar-refractivity contribution < 1.29 is 22.3 Å². The number of hydrogen-bond acceptors (Lipinski definition) is 4. The fourth-order valence-electron chi connectivity index (χ4n) is 3.59. The maximum atomic E-state index is 14.7. The number of esters is 1. The second-order valence-corrected chi connectivity index (χ2v) is 8.85. The molecule has 146 valence electrons. The third-order valence-corrected chi connectivity index (χ3v) is 6.81. The lowest BCUT2D eigenvalue weighted by Gasteiger charge is -2.08. The number of aryl methyl sites for hydroxylation is 1. The van der Waals surface area contributed by atoms with Crippen molar-refractivity contribution in [1.29, 1.82) is 0 Å². The summed E-state index contributed by atoms with van der Waals surface area (Å²) in [6.45, 7) is 3.90. The van der Waals surface area contributed by atoms with E-state index in [0.717, 1.165) is 9.54 Å². The van der Waals surface area contributed by atoms with Gasteiger partial charge in [0.1, 0.15) is 5.82 Å². The van der Waals surface area contributed by atoms with Crippen molar-refractivity contribution in [2.45, 2.75) is 31.1 Å². The molecule has 2 atom stereocenters. The molecule has 1 heterocycles. The SMILES string of the molecule is CCOC(=O)[C@@H]1C[C@H]1c1cn(S(=O)(=O)c2ccc(C)cc2)c2c(F)cccc12. The molecule has 0 radical (unpaired) electrons. The van der Waals surface area contributed by atoms with Crippen LogP contribution in [0.4, 0.5) is 4.39 Å². The molecule has 1 saturated carbocycles. The Morgan fingerprint density at radius 3 is 2.61 bits per heavy atom. The summed E-state index contributed by atoms with van der Waals surface area (Å²) in [5.74, 6) is -1.40. The number of hydrogen-bond donors (Lipinski definition) is 0. The minimum Gasteiger partial charge on any atom is -0.466 e. The normalized spacial score (nSPS) is 19.0. The van der Waals surface area contributed by atoms with Crippen LogP contribution < -0.4 is 0 Å². The molecule has 1 fully saturated rings. The first-order valence-corrected chi connectivity index (χ1v) is 10.6. The summed E-state index contributed by atoms with van der Waals surface area (Å²) < 4.78 is 47.1. The van der Waals surface area contributed by atoms with E-state index in [1.165, 1.54) is 24.4 Å². The van der Waals surface area contributed by atoms with Crippen molar-refractivity contribution in [3.8, 4) is 0 Å². The summed E-state index contributed by atoms with van der Waals surface area (Å²) in [6, 6.07) is 10.9. The van der Waals surface area contributed by atoms with Crippen LogP contribution in [0, 0.1) is 18.7 Å². The van der Waals surface area contributed by atoms with Gasteiger partial charge in [0.05, 0.1) is 22.9 Å². The van der Waals surface area contributed by atoms with Crippen molar-refractivity contribution in [3.05, 3.63) is 65.6 Å². The Morgan fingerprint density at radius 2 is 1.93 bits per heavy atom. The summed E-state index contributed by atoms with van der Waals surface area (Å²) in [4.78, 5) is 12.1. The van der Waals surface area contributed by atoms with Crippen LogP contribution in [0.2, 0.25) is 0 Å². The van der Waals surface area contributed by atoms with Crippen molar-refractivity contribution in [2.75, 3.05) is 6.61 Å². The van der Waals surface area contributed by atoms with Crippen molar-refractivity contribution in [2.24, 2.45) is 5.92 Å². The Labute approximate surface area is 162 Å². The van der Waals surface area contributed by atoms with E-state index < -0.39 is 15.8 Å². The van der Waals surface area contributed by atoms with E-state index in [9.17, 15) is 17.6 Å². The van der Waals surface area contributed by atoms with Crippen LogP contribution >= 0.6 is 0 Å². The Hall–Kier alpha value is -2.67. The summed E-state index contributed by atoms with van der Waals surface area (Å²) >= 11 is 0. The summed E-state index contributed by atoms with van der Waals surface area (Å²) in [5, 5.41) is 0.507. The fraction of sp³-hybridized carbons (Fsp3) is 0.286. The third-order valence-electron chi connectivity index (χ3n) is 5.13. The van der Waals surface area contributed by atoms with Crippen LogP contribution in [0.15, 0.2) is 53.6 Å². The van der Waals surface area contributed by atoms with Gasteiger partial charge in [-0.25, -0.2) is 16.8 Å². The predicted molar refractivity (Wildman–Crippen MR) is 103 cm³/mol. The number of nitrogens with zero attached hydrogens (tertiary/aromatic N) is 1. The van der Waals surface area contributed by atoms with Crippen molar-refractivity contribution in [1.82, 2.24) is 3.97 Å². The molecule has 2 aromatic carbocycles. The van der Waals surface area contributed by atoms with Gasteiger partial charge in [-0.3, -0.25) is 4.79 Å². The molecule has 0 saturated heterocycles. The lowest BCUT2D eigenvalue weighted by Crippen LogP contribution is -2.12. The van der Waals surface area contributed by atoms with Crippen molar-refractivity contribution in [3.63, 3.8) is 0 Å². The van der Waals surface area contributed by atoms with Gasteiger partial charge in [0, 0.05) is 17.5 Å². The minimum absolute atomic E-state index is 0.00702. The quantitative estimate of drug-likeness (QED) is 0.607. The lowest BCUT2D eigenvalue weighted by atomic mass is 10.1. The molecule has 0 N–H and O–H groups in total. The smallest absolute Gasteiger partial charge is 0.309 e. The first-order chi connectivity index (χ1) is 13.3. The number of carbonyl (C=O) groups excluding carboxylic acids is 1. The maximum Gasteiger partial charge on any atom is 0.309 e. The average Bonchev–Trinajstić information content (AvgIpc) is 3.35. The number of halogens is 1. The number of carbonyl (C=O) groups is 1. The third kappa shape index (κ3) is 2.99. The minimum atomic E-state index is -3.98. The summed E-state index contributed by atoms with van der Waals surface area (Å²) in [7, 11) is -3.98. The lowest BCUT2D eigenvalue weighted by molar-refractivity contribution is -0.144. The molecule has 7 heteroatoms. The first kappa shape index (κ1) is 18.7. The monoisotopic (exact) mass is 401 g/mol. The van der Waals surface area contributed by atoms with Crippen LogP contribution in [0.3, 0.4) is 0 Å². The molecular weight excluding hydrogens is 381 g/mol. The molecule has 4 rings (SSSR count). The van der Waals surface area contributed by atoms with Crippen LogP contribution in [0.1, 0.15) is 30.4 Å². The molecule has 0 unspecified atom stereocenters. The number of para-hydroxylation sites is 1. The van der Waals surface area contributed by atoms with Gasteiger partial charge in [-0.1, -0.05) is 29.8 Å². The Kier molecular flexibility index (Phi) is 4.50. The molecule has 0 amide bonds. The van der Waals surface area contributed by atoms with Gasteiger partial charge in [0.15, 0.2) is 0 Å². The number of fused-ring (bicyclic) bond motifs is 1. The predicted octanol–water partition coefficient (Wildman–Crippen LogP) is 3.99. The molecule has 1 aliphatic carbocycles. The Morgan fingerprint density at radius 1 is 1.21 bits per heavy atom. The number of rotatable bonds is 5. The van der Waals surface area contributed by atoms with Crippen LogP contribution in [-0.2, 0) is 19.6 Å². The zero-order chi connectivity index (χ0) is 20.1. The molecule has 0 spiro atoms. The van der Waals surface area contributed by atoms with E-state index in [1.807, 2.05) is 6.92 Å². The highest BCUT2D eigenvalue weighted by Crippen LogP contribution is 2.51. The van der Waals surface area contributed by atoms with Gasteiger partial charge in [0.2, 0.25) is 0 Å². The number of ether oxygens (including phenoxy) is 1.